The molecule has 170 valence electrons. The Morgan fingerprint density at radius 1 is 1.28 bits per heavy atom. The summed E-state index contributed by atoms with van der Waals surface area (Å²) in [6.45, 7) is 3.99. The van der Waals surface area contributed by atoms with Gasteiger partial charge in [0.1, 0.15) is 5.82 Å². The summed E-state index contributed by atoms with van der Waals surface area (Å²) in [5, 5.41) is 5.15. The number of piperidine rings is 1. The lowest BCUT2D eigenvalue weighted by atomic mass is 9.91. The van der Waals surface area contributed by atoms with Crippen LogP contribution in [0.5, 0.6) is 11.5 Å². The van der Waals surface area contributed by atoms with Crippen molar-refractivity contribution in [1.82, 2.24) is 10.1 Å². The summed E-state index contributed by atoms with van der Waals surface area (Å²) in [6, 6.07) is 9.88. The van der Waals surface area contributed by atoms with Crippen molar-refractivity contribution in [3.63, 3.8) is 0 Å². The van der Waals surface area contributed by atoms with Gasteiger partial charge in [-0.05, 0) is 63.1 Å². The van der Waals surface area contributed by atoms with E-state index in [0.29, 0.717) is 39.2 Å². The van der Waals surface area contributed by atoms with Crippen LogP contribution in [0.3, 0.4) is 0 Å². The highest BCUT2D eigenvalue weighted by atomic mass is 127. The summed E-state index contributed by atoms with van der Waals surface area (Å²) >= 11 is 2.49. The molecule has 32 heavy (non-hydrogen) atoms. The first kappa shape index (κ1) is 23.0. The van der Waals surface area contributed by atoms with E-state index in [-0.39, 0.29) is 11.6 Å². The number of aromatic nitrogens is 1. The second-order valence-corrected chi connectivity index (χ2v) is 9.46. The fourth-order valence-electron chi connectivity index (χ4n) is 4.14. The van der Waals surface area contributed by atoms with Crippen molar-refractivity contribution in [2.24, 2.45) is 0 Å². The van der Waals surface area contributed by atoms with Crippen molar-refractivity contribution >= 4 is 39.3 Å². The lowest BCUT2D eigenvalue weighted by Gasteiger charge is -2.36. The molecule has 6 nitrogen and oxygen atoms in total. The molecule has 0 saturated carbocycles. The van der Waals surface area contributed by atoms with Crippen LogP contribution in [0.15, 0.2) is 40.9 Å². The zero-order valence-corrected chi connectivity index (χ0v) is 20.3. The predicted molar refractivity (Wildman–Crippen MR) is 128 cm³/mol. The summed E-state index contributed by atoms with van der Waals surface area (Å²) in [4.78, 5) is 14.0. The molecule has 1 aromatic heterocycles. The van der Waals surface area contributed by atoms with E-state index in [2.05, 4.69) is 32.6 Å². The van der Waals surface area contributed by atoms with Gasteiger partial charge in [-0.3, -0.25) is 9.69 Å². The molecule has 1 aliphatic rings. The molecule has 1 saturated heterocycles. The van der Waals surface area contributed by atoms with E-state index in [0.717, 1.165) is 43.4 Å². The van der Waals surface area contributed by atoms with Gasteiger partial charge in [-0.25, -0.2) is 4.39 Å². The monoisotopic (exact) mass is 552 g/mol. The molecule has 4 rings (SSSR count). The maximum atomic E-state index is 13.4. The molecule has 0 radical (unpaired) electrons. The molecule has 0 spiro atoms. The summed E-state index contributed by atoms with van der Waals surface area (Å²) in [7, 11) is 1.57. The molecular weight excluding hydrogens is 526 g/mol. The summed E-state index contributed by atoms with van der Waals surface area (Å²) in [5.41, 5.74) is 2.05. The standard InChI is InChI=1S/C24H26FIN2O4/c1-15(29)16-4-7-20(22(12-16)30-2)31-11-3-9-28-10-8-17(13-23(28)26)24-19-6-5-18(25)14-21(19)32-27-24/h4-7,12,14,17,23H,3,8-11,13H2,1-2H3. The van der Waals surface area contributed by atoms with Crippen LogP contribution in [0, 0.1) is 5.82 Å². The molecule has 0 amide bonds. The van der Waals surface area contributed by atoms with Gasteiger partial charge < -0.3 is 14.0 Å². The van der Waals surface area contributed by atoms with Gasteiger partial charge in [0.15, 0.2) is 22.9 Å². The average Bonchev–Trinajstić information content (AvgIpc) is 3.20. The molecule has 0 bridgehead atoms. The third kappa shape index (κ3) is 5.06. The summed E-state index contributed by atoms with van der Waals surface area (Å²) in [6.07, 6.45) is 2.84. The van der Waals surface area contributed by atoms with Crippen molar-refractivity contribution in [3.05, 3.63) is 53.5 Å². The summed E-state index contributed by atoms with van der Waals surface area (Å²) in [5.74, 6) is 1.22. The lowest BCUT2D eigenvalue weighted by molar-refractivity contribution is 0.101. The van der Waals surface area contributed by atoms with Crippen molar-refractivity contribution in [2.45, 2.75) is 36.2 Å². The Morgan fingerprint density at radius 3 is 2.88 bits per heavy atom. The Kier molecular flexibility index (Phi) is 7.30. The molecule has 1 fully saturated rings. The van der Waals surface area contributed by atoms with Crippen LogP contribution in [0.4, 0.5) is 4.39 Å². The van der Waals surface area contributed by atoms with Gasteiger partial charge in [0.25, 0.3) is 0 Å². The third-order valence-electron chi connectivity index (χ3n) is 5.91. The van der Waals surface area contributed by atoms with E-state index in [1.165, 1.54) is 19.1 Å². The van der Waals surface area contributed by atoms with Gasteiger partial charge in [0, 0.05) is 29.5 Å². The number of carbonyl (C=O) groups excluding carboxylic acids is 1. The fourth-order valence-corrected chi connectivity index (χ4v) is 5.32. The number of alkyl halides is 1. The number of likely N-dealkylation sites (tertiary alicyclic amines) is 1. The van der Waals surface area contributed by atoms with Crippen LogP contribution < -0.4 is 9.47 Å². The number of ketones is 1. The number of nitrogens with zero attached hydrogens (tertiary/aromatic N) is 2. The molecule has 3 aromatic rings. The van der Waals surface area contributed by atoms with Crippen LogP contribution in [-0.4, -0.2) is 46.7 Å². The normalized spacial score (nSPS) is 19.2. The highest BCUT2D eigenvalue weighted by Gasteiger charge is 2.30. The van der Waals surface area contributed by atoms with Crippen molar-refractivity contribution in [3.8, 4) is 11.5 Å². The van der Waals surface area contributed by atoms with Crippen LogP contribution in [0.25, 0.3) is 11.0 Å². The first-order valence-corrected chi connectivity index (χ1v) is 12.0. The molecular formula is C24H26FIN2O4. The molecule has 0 N–H and O–H groups in total. The van der Waals surface area contributed by atoms with Gasteiger partial charge >= 0.3 is 0 Å². The van der Waals surface area contributed by atoms with E-state index in [1.807, 2.05) is 0 Å². The minimum Gasteiger partial charge on any atom is -0.493 e. The minimum absolute atomic E-state index is 0.00266. The van der Waals surface area contributed by atoms with E-state index in [4.69, 9.17) is 14.0 Å². The zero-order chi connectivity index (χ0) is 22.7. The molecule has 2 unspecified atom stereocenters. The van der Waals surface area contributed by atoms with E-state index < -0.39 is 0 Å². The quantitative estimate of drug-likeness (QED) is 0.119. The Morgan fingerprint density at radius 2 is 2.12 bits per heavy atom. The second-order valence-electron chi connectivity index (χ2n) is 8.02. The number of hydrogen-bond donors (Lipinski definition) is 0. The van der Waals surface area contributed by atoms with E-state index in [9.17, 15) is 9.18 Å². The Bertz CT molecular complexity index is 1100. The van der Waals surface area contributed by atoms with Crippen molar-refractivity contribution in [1.29, 1.82) is 0 Å². The van der Waals surface area contributed by atoms with Crippen LogP contribution in [0.1, 0.15) is 48.2 Å². The SMILES string of the molecule is COc1cc(C(C)=O)ccc1OCCCN1CCC(c2noc3cc(F)ccc23)CC1I. The van der Waals surface area contributed by atoms with Gasteiger partial charge in [-0.1, -0.05) is 27.7 Å². The largest absolute Gasteiger partial charge is 0.493 e. The van der Waals surface area contributed by atoms with Crippen LogP contribution in [0.2, 0.25) is 0 Å². The molecule has 2 atom stereocenters. The Labute approximate surface area is 200 Å². The second kappa shape index (κ2) is 10.2. The van der Waals surface area contributed by atoms with Gasteiger partial charge in [0.05, 0.1) is 23.5 Å². The highest BCUT2D eigenvalue weighted by Crippen LogP contribution is 2.37. The molecule has 1 aliphatic heterocycles. The maximum Gasteiger partial charge on any atom is 0.170 e. The number of carbonyl (C=O) groups is 1. The number of benzene rings is 2. The van der Waals surface area contributed by atoms with E-state index in [1.54, 1.807) is 31.4 Å². The van der Waals surface area contributed by atoms with Crippen molar-refractivity contribution in [2.75, 3.05) is 26.8 Å². The minimum atomic E-state index is -0.309. The number of ether oxygens (including phenoxy) is 2. The first-order valence-electron chi connectivity index (χ1n) is 10.7. The Balaban J connectivity index is 1.28. The Hall–Kier alpha value is -2.20. The predicted octanol–water partition coefficient (Wildman–Crippen LogP) is 5.59. The first-order chi connectivity index (χ1) is 15.5. The third-order valence-corrected chi connectivity index (χ3v) is 7.20. The maximum absolute atomic E-state index is 13.4. The molecule has 0 aliphatic carbocycles. The number of halogens is 2. The van der Waals surface area contributed by atoms with Crippen molar-refractivity contribution < 1.29 is 23.2 Å². The molecule has 2 heterocycles. The van der Waals surface area contributed by atoms with Gasteiger partial charge in [0.2, 0.25) is 0 Å². The zero-order valence-electron chi connectivity index (χ0n) is 18.1. The van der Waals surface area contributed by atoms with Gasteiger partial charge in [-0.15, -0.1) is 0 Å². The fraction of sp³-hybridized carbons (Fsp3) is 0.417. The number of Topliss-reactive ketones (excluding diaryl/α,β-unsaturated/α-hetero) is 1. The smallest absolute Gasteiger partial charge is 0.170 e. The average molecular weight is 552 g/mol. The molecule has 8 heteroatoms. The number of methoxy groups -OCH3 is 1. The van der Waals surface area contributed by atoms with E-state index >= 15 is 0 Å². The van der Waals surface area contributed by atoms with Crippen LogP contribution in [-0.2, 0) is 0 Å². The summed E-state index contributed by atoms with van der Waals surface area (Å²) < 4.78 is 30.4. The molecule has 2 aromatic carbocycles. The number of fused-ring (bicyclic) bond motifs is 1. The highest BCUT2D eigenvalue weighted by molar-refractivity contribution is 14.1. The van der Waals surface area contributed by atoms with Crippen LogP contribution >= 0.6 is 22.6 Å². The number of rotatable bonds is 8. The lowest BCUT2D eigenvalue weighted by Crippen LogP contribution is -2.39. The number of hydrogen-bond acceptors (Lipinski definition) is 6. The topological polar surface area (TPSA) is 64.8 Å². The van der Waals surface area contributed by atoms with Gasteiger partial charge in [-0.2, -0.15) is 0 Å².